The number of aliphatic imine (C=N–C) groups is 2. The summed E-state index contributed by atoms with van der Waals surface area (Å²) in [6.45, 7) is 0. The lowest BCUT2D eigenvalue weighted by molar-refractivity contribution is 0.517. The van der Waals surface area contributed by atoms with Crippen LogP contribution < -0.4 is 0 Å². The molecule has 0 saturated heterocycles. The van der Waals surface area contributed by atoms with Gasteiger partial charge in [0, 0.05) is 11.1 Å². The lowest BCUT2D eigenvalue weighted by atomic mass is 9.82. The predicted molar refractivity (Wildman–Crippen MR) is 121 cm³/mol. The molecule has 0 spiro atoms. The van der Waals surface area contributed by atoms with Crippen molar-refractivity contribution in [2.24, 2.45) is 9.98 Å². The summed E-state index contributed by atoms with van der Waals surface area (Å²) in [7, 11) is 0. The van der Waals surface area contributed by atoms with Crippen molar-refractivity contribution in [3.63, 3.8) is 0 Å². The van der Waals surface area contributed by atoms with Crippen LogP contribution >= 0.6 is 0 Å². The Morgan fingerprint density at radius 2 is 0.839 bits per heavy atom. The molecular formula is C27H18N2O2. The van der Waals surface area contributed by atoms with E-state index in [1.165, 1.54) is 0 Å². The van der Waals surface area contributed by atoms with Crippen LogP contribution in [0.2, 0.25) is 0 Å². The number of benzene rings is 4. The monoisotopic (exact) mass is 402 g/mol. The van der Waals surface area contributed by atoms with Crippen molar-refractivity contribution in [1.29, 1.82) is 0 Å². The summed E-state index contributed by atoms with van der Waals surface area (Å²) in [5.41, 5.74) is 3.02. The molecule has 4 nitrogen and oxygen atoms in total. The van der Waals surface area contributed by atoms with Gasteiger partial charge in [-0.25, -0.2) is 9.59 Å². The smallest absolute Gasteiger partial charge is 0.211 e. The van der Waals surface area contributed by atoms with Gasteiger partial charge in [-0.15, -0.1) is 0 Å². The Bertz CT molecular complexity index is 1180. The van der Waals surface area contributed by atoms with E-state index >= 15 is 0 Å². The van der Waals surface area contributed by atoms with Crippen LogP contribution in [-0.4, -0.2) is 12.2 Å². The normalized spacial score (nSPS) is 10.6. The second-order valence-electron chi connectivity index (χ2n) is 6.90. The summed E-state index contributed by atoms with van der Waals surface area (Å²) >= 11 is 0. The third kappa shape index (κ3) is 3.77. The van der Waals surface area contributed by atoms with Crippen LogP contribution in [0.4, 0.5) is 0 Å². The first-order chi connectivity index (χ1) is 15.3. The summed E-state index contributed by atoms with van der Waals surface area (Å²) < 4.78 is 0. The molecule has 31 heavy (non-hydrogen) atoms. The maximum Gasteiger partial charge on any atom is 0.238 e. The minimum absolute atomic E-state index is 0.594. The first kappa shape index (κ1) is 19.9. The van der Waals surface area contributed by atoms with Gasteiger partial charge in [-0.3, -0.25) is 0 Å². The van der Waals surface area contributed by atoms with E-state index < -0.39 is 5.66 Å². The van der Waals surface area contributed by atoms with E-state index in [9.17, 15) is 9.59 Å². The third-order valence-corrected chi connectivity index (χ3v) is 5.19. The van der Waals surface area contributed by atoms with Gasteiger partial charge in [-0.1, -0.05) is 109 Å². The Balaban J connectivity index is 2.09. The van der Waals surface area contributed by atoms with Crippen LogP contribution in [0.15, 0.2) is 119 Å². The fourth-order valence-corrected chi connectivity index (χ4v) is 3.86. The third-order valence-electron chi connectivity index (χ3n) is 5.19. The van der Waals surface area contributed by atoms with Gasteiger partial charge in [0.2, 0.25) is 17.8 Å². The summed E-state index contributed by atoms with van der Waals surface area (Å²) in [4.78, 5) is 31.6. The first-order valence-corrected chi connectivity index (χ1v) is 9.78. The van der Waals surface area contributed by atoms with Crippen molar-refractivity contribution in [2.75, 3.05) is 0 Å². The van der Waals surface area contributed by atoms with Crippen LogP contribution in [0.1, 0.15) is 11.1 Å². The van der Waals surface area contributed by atoms with Crippen LogP contribution in [0.5, 0.6) is 0 Å². The number of rotatable bonds is 6. The zero-order valence-corrected chi connectivity index (χ0v) is 16.6. The highest BCUT2D eigenvalue weighted by Crippen LogP contribution is 2.44. The van der Waals surface area contributed by atoms with Gasteiger partial charge in [0.25, 0.3) is 0 Å². The number of isocyanates is 2. The fourth-order valence-electron chi connectivity index (χ4n) is 3.86. The Labute approximate surface area is 180 Å². The van der Waals surface area contributed by atoms with Crippen LogP contribution in [0, 0.1) is 0 Å². The van der Waals surface area contributed by atoms with E-state index in [-0.39, 0.29) is 0 Å². The quantitative estimate of drug-likeness (QED) is 0.298. The lowest BCUT2D eigenvalue weighted by Crippen LogP contribution is -2.24. The molecule has 0 bridgehead atoms. The Morgan fingerprint density at radius 1 is 0.484 bits per heavy atom. The minimum atomic E-state index is -1.62. The van der Waals surface area contributed by atoms with Crippen molar-refractivity contribution >= 4 is 12.2 Å². The van der Waals surface area contributed by atoms with Crippen molar-refractivity contribution in [3.8, 4) is 22.3 Å². The van der Waals surface area contributed by atoms with Crippen molar-refractivity contribution in [3.05, 3.63) is 120 Å². The van der Waals surface area contributed by atoms with E-state index in [2.05, 4.69) is 9.98 Å². The second-order valence-corrected chi connectivity index (χ2v) is 6.90. The van der Waals surface area contributed by atoms with Crippen molar-refractivity contribution in [2.45, 2.75) is 5.66 Å². The molecule has 0 amide bonds. The molecule has 0 fully saturated rings. The number of hydrogen-bond donors (Lipinski definition) is 0. The molecular weight excluding hydrogens is 384 g/mol. The van der Waals surface area contributed by atoms with Crippen molar-refractivity contribution in [1.82, 2.24) is 0 Å². The van der Waals surface area contributed by atoms with Gasteiger partial charge in [-0.05, 0) is 22.3 Å². The van der Waals surface area contributed by atoms with Crippen LogP contribution in [-0.2, 0) is 15.3 Å². The Hall–Kier alpha value is -4.36. The first-order valence-electron chi connectivity index (χ1n) is 9.78. The molecule has 4 rings (SSSR count). The zero-order valence-electron chi connectivity index (χ0n) is 16.6. The fraction of sp³-hybridized carbons (Fsp3) is 0.0370. The topological polar surface area (TPSA) is 58.9 Å². The average Bonchev–Trinajstić information content (AvgIpc) is 2.85. The van der Waals surface area contributed by atoms with Crippen molar-refractivity contribution < 1.29 is 9.59 Å². The molecule has 0 radical (unpaired) electrons. The van der Waals surface area contributed by atoms with E-state index in [0.29, 0.717) is 11.1 Å². The molecule has 148 valence electrons. The molecule has 0 heterocycles. The van der Waals surface area contributed by atoms with Gasteiger partial charge in [0.15, 0.2) is 0 Å². The highest BCUT2D eigenvalue weighted by Gasteiger charge is 2.38. The molecule has 4 aromatic carbocycles. The van der Waals surface area contributed by atoms with Gasteiger partial charge < -0.3 is 0 Å². The minimum Gasteiger partial charge on any atom is -0.211 e. The standard InChI is InChI=1S/C27H18N2O2/c30-19-28-27(29-20-31,25-17-9-7-15-23(25)21-11-3-1-4-12-21)26-18-10-8-16-24(26)22-13-5-2-6-14-22/h1-18H. The summed E-state index contributed by atoms with van der Waals surface area (Å²) in [5.74, 6) is 0. The summed E-state index contributed by atoms with van der Waals surface area (Å²) in [5, 5.41) is 0. The summed E-state index contributed by atoms with van der Waals surface area (Å²) in [6.07, 6.45) is 3.30. The molecule has 0 unspecified atom stereocenters. The van der Waals surface area contributed by atoms with Gasteiger partial charge in [0.1, 0.15) is 0 Å². The second kappa shape index (κ2) is 8.98. The molecule has 0 saturated carbocycles. The zero-order chi connectivity index (χ0) is 21.5. The highest BCUT2D eigenvalue weighted by molar-refractivity contribution is 5.75. The average molecular weight is 402 g/mol. The Morgan fingerprint density at radius 3 is 1.23 bits per heavy atom. The molecule has 0 aliphatic rings. The van der Waals surface area contributed by atoms with Gasteiger partial charge in [0.05, 0.1) is 0 Å². The molecule has 4 aromatic rings. The maximum atomic E-state index is 11.7. The van der Waals surface area contributed by atoms with Crippen LogP contribution in [0.3, 0.4) is 0 Å². The molecule has 0 aliphatic heterocycles. The largest absolute Gasteiger partial charge is 0.238 e. The van der Waals surface area contributed by atoms with E-state index in [4.69, 9.17) is 0 Å². The number of hydrogen-bond acceptors (Lipinski definition) is 4. The number of carbonyl (C=O) groups excluding carboxylic acids is 2. The van der Waals surface area contributed by atoms with Gasteiger partial charge in [-0.2, -0.15) is 9.98 Å². The lowest BCUT2D eigenvalue weighted by Gasteiger charge is -2.28. The van der Waals surface area contributed by atoms with E-state index in [1.54, 1.807) is 12.2 Å². The van der Waals surface area contributed by atoms with Crippen LogP contribution in [0.25, 0.3) is 22.3 Å². The predicted octanol–water partition coefficient (Wildman–Crippen LogP) is 5.89. The maximum absolute atomic E-state index is 11.7. The molecule has 0 aromatic heterocycles. The molecule has 4 heteroatoms. The SMILES string of the molecule is O=C=NC(N=C=O)(c1ccccc1-c1ccccc1)c1ccccc1-c1ccccc1. The van der Waals surface area contributed by atoms with Gasteiger partial charge >= 0.3 is 0 Å². The Kier molecular flexibility index (Phi) is 5.77. The molecule has 0 aliphatic carbocycles. The molecule has 0 N–H and O–H groups in total. The molecule has 0 atom stereocenters. The number of nitrogens with zero attached hydrogens (tertiary/aromatic N) is 2. The van der Waals surface area contributed by atoms with E-state index in [1.807, 2.05) is 109 Å². The highest BCUT2D eigenvalue weighted by atomic mass is 16.1. The van der Waals surface area contributed by atoms with E-state index in [0.717, 1.165) is 22.3 Å². The summed E-state index contributed by atoms with van der Waals surface area (Å²) in [6, 6.07) is 34.4.